The van der Waals surface area contributed by atoms with Gasteiger partial charge in [0.05, 0.1) is 0 Å². The van der Waals surface area contributed by atoms with Crippen LogP contribution in [0.4, 0.5) is 8.78 Å². The molecule has 0 aromatic heterocycles. The van der Waals surface area contributed by atoms with Gasteiger partial charge in [0.2, 0.25) is 0 Å². The lowest BCUT2D eigenvalue weighted by molar-refractivity contribution is 0.294. The van der Waals surface area contributed by atoms with Gasteiger partial charge in [0.15, 0.2) is 11.6 Å². The van der Waals surface area contributed by atoms with Gasteiger partial charge >= 0.3 is 0 Å². The molecule has 0 spiro atoms. The quantitative estimate of drug-likeness (QED) is 0.492. The van der Waals surface area contributed by atoms with E-state index in [-0.39, 0.29) is 0 Å². The molecule has 2 rings (SSSR count). The van der Waals surface area contributed by atoms with Crippen LogP contribution in [0, 0.1) is 35.3 Å². The fourth-order valence-electron chi connectivity index (χ4n) is 3.04. The minimum absolute atomic E-state index is 0.417. The zero-order valence-electron chi connectivity index (χ0n) is 12.8. The maximum Gasteiger partial charge on any atom is 0.160 e. The van der Waals surface area contributed by atoms with Crippen molar-refractivity contribution in [1.82, 2.24) is 0 Å². The number of rotatable bonds is 4. The molecule has 0 aliphatic heterocycles. The van der Waals surface area contributed by atoms with E-state index in [4.69, 9.17) is 0 Å². The number of unbranched alkanes of at least 4 members (excludes halogenated alkanes) is 2. The van der Waals surface area contributed by atoms with Gasteiger partial charge in [-0.05, 0) is 49.8 Å². The van der Waals surface area contributed by atoms with E-state index in [1.54, 1.807) is 6.07 Å². The first-order valence-electron chi connectivity index (χ1n) is 8.15. The van der Waals surface area contributed by atoms with Crippen LogP contribution in [0.1, 0.15) is 63.9 Å². The fourth-order valence-corrected chi connectivity index (χ4v) is 3.04. The van der Waals surface area contributed by atoms with Crippen LogP contribution < -0.4 is 0 Å². The minimum atomic E-state index is -0.818. The van der Waals surface area contributed by atoms with Gasteiger partial charge in [-0.15, -0.1) is 0 Å². The van der Waals surface area contributed by atoms with E-state index in [9.17, 15) is 8.78 Å². The van der Waals surface area contributed by atoms with E-state index < -0.39 is 11.6 Å². The Morgan fingerprint density at radius 2 is 1.81 bits per heavy atom. The maximum atomic E-state index is 13.1. The van der Waals surface area contributed by atoms with Crippen LogP contribution in [-0.2, 0) is 0 Å². The van der Waals surface area contributed by atoms with E-state index in [1.807, 2.05) is 0 Å². The lowest BCUT2D eigenvalue weighted by Gasteiger charge is -2.25. The van der Waals surface area contributed by atoms with Crippen molar-refractivity contribution in [3.8, 4) is 11.8 Å². The molecule has 1 fully saturated rings. The molecule has 0 saturated heterocycles. The molecular formula is C19H24F2. The van der Waals surface area contributed by atoms with Gasteiger partial charge in [-0.1, -0.05) is 44.4 Å². The smallest absolute Gasteiger partial charge is 0.160 e. The number of hydrogen-bond donors (Lipinski definition) is 0. The van der Waals surface area contributed by atoms with Crippen LogP contribution in [0.15, 0.2) is 18.2 Å². The Bertz CT molecular complexity index is 502. The summed E-state index contributed by atoms with van der Waals surface area (Å²) >= 11 is 0. The summed E-state index contributed by atoms with van der Waals surface area (Å²) in [6.45, 7) is 2.24. The Labute approximate surface area is 127 Å². The number of hydrogen-bond acceptors (Lipinski definition) is 0. The van der Waals surface area contributed by atoms with Crippen molar-refractivity contribution in [1.29, 1.82) is 0 Å². The third kappa shape index (κ3) is 5.16. The average molecular weight is 290 g/mol. The Morgan fingerprint density at radius 1 is 1.05 bits per heavy atom. The van der Waals surface area contributed by atoms with Crippen molar-refractivity contribution < 1.29 is 8.78 Å². The molecule has 0 atom stereocenters. The van der Waals surface area contributed by atoms with Gasteiger partial charge in [0.1, 0.15) is 0 Å². The lowest BCUT2D eigenvalue weighted by atomic mass is 9.80. The molecule has 1 saturated carbocycles. The second-order valence-corrected chi connectivity index (χ2v) is 6.11. The summed E-state index contributed by atoms with van der Waals surface area (Å²) in [6, 6.07) is 3.87. The van der Waals surface area contributed by atoms with Gasteiger partial charge in [0.25, 0.3) is 0 Å². The molecule has 1 aliphatic carbocycles. The first-order chi connectivity index (χ1) is 10.2. The van der Waals surface area contributed by atoms with Crippen molar-refractivity contribution in [3.05, 3.63) is 35.4 Å². The molecule has 0 nitrogen and oxygen atoms in total. The molecule has 0 N–H and O–H groups in total. The maximum absolute atomic E-state index is 13.1. The van der Waals surface area contributed by atoms with Crippen LogP contribution >= 0.6 is 0 Å². The highest BCUT2D eigenvalue weighted by atomic mass is 19.2. The van der Waals surface area contributed by atoms with Crippen molar-refractivity contribution in [3.63, 3.8) is 0 Å². The van der Waals surface area contributed by atoms with Crippen LogP contribution in [0.2, 0.25) is 0 Å². The Morgan fingerprint density at radius 3 is 2.48 bits per heavy atom. The Kier molecular flexibility index (Phi) is 6.23. The van der Waals surface area contributed by atoms with Gasteiger partial charge in [-0.2, -0.15) is 0 Å². The molecule has 0 bridgehead atoms. The Hall–Kier alpha value is -1.36. The molecule has 21 heavy (non-hydrogen) atoms. The molecule has 1 aromatic rings. The first kappa shape index (κ1) is 16.0. The summed E-state index contributed by atoms with van der Waals surface area (Å²) in [5.74, 6) is 5.89. The largest absolute Gasteiger partial charge is 0.204 e. The highest BCUT2D eigenvalue weighted by Crippen LogP contribution is 2.31. The van der Waals surface area contributed by atoms with Gasteiger partial charge in [0, 0.05) is 11.5 Å². The molecule has 0 unspecified atom stereocenters. The van der Waals surface area contributed by atoms with Gasteiger partial charge in [-0.25, -0.2) is 8.78 Å². The molecule has 0 amide bonds. The molecule has 1 aliphatic rings. The second-order valence-electron chi connectivity index (χ2n) is 6.11. The lowest BCUT2D eigenvalue weighted by Crippen LogP contribution is -2.13. The van der Waals surface area contributed by atoms with Crippen molar-refractivity contribution in [2.24, 2.45) is 11.8 Å². The minimum Gasteiger partial charge on any atom is -0.204 e. The standard InChI is InChI=1S/C19H24F2/c1-2-3-4-5-15-6-8-16(9-7-15)10-11-17-12-13-18(20)19(21)14-17/h12-16H,2-9H2,1H3. The van der Waals surface area contributed by atoms with Crippen LogP contribution in [0.25, 0.3) is 0 Å². The highest BCUT2D eigenvalue weighted by molar-refractivity contribution is 5.35. The highest BCUT2D eigenvalue weighted by Gasteiger charge is 2.19. The first-order valence-corrected chi connectivity index (χ1v) is 8.15. The van der Waals surface area contributed by atoms with E-state index in [0.29, 0.717) is 11.5 Å². The molecule has 1 aromatic carbocycles. The molecule has 114 valence electrons. The normalized spacial score (nSPS) is 21.7. The predicted octanol–water partition coefficient (Wildman–Crippen LogP) is 5.70. The summed E-state index contributed by atoms with van der Waals surface area (Å²) in [4.78, 5) is 0. The average Bonchev–Trinajstić information content (AvgIpc) is 2.50. The molecule has 2 heteroatoms. The van der Waals surface area contributed by atoms with Crippen molar-refractivity contribution in [2.45, 2.75) is 58.3 Å². The topological polar surface area (TPSA) is 0 Å². The van der Waals surface area contributed by atoms with E-state index >= 15 is 0 Å². The fraction of sp³-hybridized carbons (Fsp3) is 0.579. The number of halogens is 2. The van der Waals surface area contributed by atoms with Crippen LogP contribution in [0.5, 0.6) is 0 Å². The monoisotopic (exact) mass is 290 g/mol. The predicted molar refractivity (Wildman–Crippen MR) is 82.8 cm³/mol. The van der Waals surface area contributed by atoms with Crippen LogP contribution in [0.3, 0.4) is 0 Å². The molecule has 0 radical (unpaired) electrons. The summed E-state index contributed by atoms with van der Waals surface area (Å²) in [5, 5.41) is 0. The van der Waals surface area contributed by atoms with E-state index in [0.717, 1.165) is 24.8 Å². The zero-order chi connectivity index (χ0) is 15.1. The molecule has 0 heterocycles. The third-order valence-corrected chi connectivity index (χ3v) is 4.40. The van der Waals surface area contributed by atoms with Crippen molar-refractivity contribution >= 4 is 0 Å². The van der Waals surface area contributed by atoms with Gasteiger partial charge in [-0.3, -0.25) is 0 Å². The van der Waals surface area contributed by atoms with Crippen LogP contribution in [-0.4, -0.2) is 0 Å². The summed E-state index contributed by atoms with van der Waals surface area (Å²) in [7, 11) is 0. The van der Waals surface area contributed by atoms with E-state index in [1.165, 1.54) is 44.6 Å². The summed E-state index contributed by atoms with van der Waals surface area (Å²) in [5.41, 5.74) is 0.568. The Balaban J connectivity index is 1.81. The van der Waals surface area contributed by atoms with Gasteiger partial charge < -0.3 is 0 Å². The zero-order valence-corrected chi connectivity index (χ0v) is 12.8. The summed E-state index contributed by atoms with van der Waals surface area (Å²) < 4.78 is 25.9. The number of benzene rings is 1. The van der Waals surface area contributed by atoms with E-state index in [2.05, 4.69) is 18.8 Å². The summed E-state index contributed by atoms with van der Waals surface area (Å²) in [6.07, 6.45) is 10.2. The second kappa shape index (κ2) is 8.17. The van der Waals surface area contributed by atoms with Crippen molar-refractivity contribution in [2.75, 3.05) is 0 Å². The molecular weight excluding hydrogens is 266 g/mol. The third-order valence-electron chi connectivity index (χ3n) is 4.40. The SMILES string of the molecule is CCCCCC1CCC(C#Cc2ccc(F)c(F)c2)CC1.